The number of para-hydroxylation sites is 2. The molecule has 0 unspecified atom stereocenters. The lowest BCUT2D eigenvalue weighted by molar-refractivity contribution is 0.103. The fourth-order valence-corrected chi connectivity index (χ4v) is 3.64. The van der Waals surface area contributed by atoms with E-state index in [0.717, 1.165) is 16.6 Å². The Bertz CT molecular complexity index is 1320. The van der Waals surface area contributed by atoms with Crippen LogP contribution in [0, 0.1) is 0 Å². The molecule has 0 atom stereocenters. The van der Waals surface area contributed by atoms with Crippen molar-refractivity contribution < 1.29 is 4.79 Å². The number of nitrogens with zero attached hydrogens (tertiary/aromatic N) is 2. The number of benzene rings is 2. The average Bonchev–Trinajstić information content (AvgIpc) is 3.25. The molecule has 2 aromatic carbocycles. The molecule has 0 aliphatic carbocycles. The smallest absolute Gasteiger partial charge is 0.211 e. The molecular formula is C22H15ClN4O. The fourth-order valence-electron chi connectivity index (χ4n) is 3.52. The van der Waals surface area contributed by atoms with Crippen LogP contribution in [0.1, 0.15) is 16.1 Å². The van der Waals surface area contributed by atoms with Crippen LogP contribution in [0.3, 0.4) is 0 Å². The van der Waals surface area contributed by atoms with E-state index in [1.807, 2.05) is 53.1 Å². The standard InChI is InChI=1S/C22H15ClN4O/c23-14-10-8-13(9-11-14)21(28)20-19(24)18(17-7-3-4-12-27(17)20)22-25-15-5-1-2-6-16(15)26-22/h1-12H,24H2,(H,25,26). The van der Waals surface area contributed by atoms with E-state index in [0.29, 0.717) is 33.4 Å². The number of nitrogens with two attached hydrogens (primary N) is 1. The number of rotatable bonds is 3. The molecule has 6 heteroatoms. The number of H-pyrrole nitrogens is 1. The summed E-state index contributed by atoms with van der Waals surface area (Å²) in [6.07, 6.45) is 1.83. The monoisotopic (exact) mass is 386 g/mol. The highest BCUT2D eigenvalue weighted by molar-refractivity contribution is 6.30. The Kier molecular flexibility index (Phi) is 3.70. The number of imidazole rings is 1. The third-order valence-corrected chi connectivity index (χ3v) is 5.08. The van der Waals surface area contributed by atoms with Crippen LogP contribution in [0.25, 0.3) is 27.9 Å². The summed E-state index contributed by atoms with van der Waals surface area (Å²) in [5.74, 6) is 0.468. The molecular weight excluding hydrogens is 372 g/mol. The van der Waals surface area contributed by atoms with E-state index in [4.69, 9.17) is 17.3 Å². The highest BCUT2D eigenvalue weighted by Crippen LogP contribution is 2.36. The summed E-state index contributed by atoms with van der Waals surface area (Å²) < 4.78 is 1.81. The molecule has 0 fully saturated rings. The molecule has 0 bridgehead atoms. The lowest BCUT2D eigenvalue weighted by Crippen LogP contribution is -2.07. The van der Waals surface area contributed by atoms with Gasteiger partial charge in [-0.15, -0.1) is 0 Å². The molecule has 0 saturated heterocycles. The van der Waals surface area contributed by atoms with Gasteiger partial charge in [0, 0.05) is 16.8 Å². The number of anilines is 1. The molecule has 28 heavy (non-hydrogen) atoms. The number of nitrogens with one attached hydrogen (secondary N) is 1. The van der Waals surface area contributed by atoms with Crippen LogP contribution in [0.2, 0.25) is 5.02 Å². The molecule has 5 rings (SSSR count). The number of carbonyl (C=O) groups is 1. The summed E-state index contributed by atoms with van der Waals surface area (Å²) in [4.78, 5) is 21.2. The Balaban J connectivity index is 1.76. The van der Waals surface area contributed by atoms with Crippen LogP contribution < -0.4 is 5.73 Å². The van der Waals surface area contributed by atoms with Gasteiger partial charge in [-0.3, -0.25) is 4.79 Å². The van der Waals surface area contributed by atoms with Crippen LogP contribution >= 0.6 is 11.6 Å². The third kappa shape index (κ3) is 2.48. The number of pyridine rings is 1. The van der Waals surface area contributed by atoms with Crippen molar-refractivity contribution in [1.29, 1.82) is 0 Å². The Morgan fingerprint density at radius 1 is 1.00 bits per heavy atom. The summed E-state index contributed by atoms with van der Waals surface area (Å²) in [6.45, 7) is 0. The Labute approximate surface area is 165 Å². The number of hydrogen-bond acceptors (Lipinski definition) is 3. The lowest BCUT2D eigenvalue weighted by atomic mass is 10.1. The van der Waals surface area contributed by atoms with E-state index < -0.39 is 0 Å². The first-order valence-corrected chi connectivity index (χ1v) is 9.15. The summed E-state index contributed by atoms with van der Waals surface area (Å²) in [7, 11) is 0. The number of hydrogen-bond donors (Lipinski definition) is 2. The van der Waals surface area contributed by atoms with Gasteiger partial charge in [-0.25, -0.2) is 4.98 Å². The maximum absolute atomic E-state index is 13.2. The van der Waals surface area contributed by atoms with Gasteiger partial charge in [0.05, 0.1) is 27.8 Å². The fraction of sp³-hybridized carbons (Fsp3) is 0. The quantitative estimate of drug-likeness (QED) is 0.431. The van der Waals surface area contributed by atoms with Gasteiger partial charge in [0.15, 0.2) is 0 Å². The van der Waals surface area contributed by atoms with E-state index in [-0.39, 0.29) is 5.78 Å². The van der Waals surface area contributed by atoms with E-state index in [2.05, 4.69) is 9.97 Å². The maximum Gasteiger partial charge on any atom is 0.211 e. The van der Waals surface area contributed by atoms with Gasteiger partial charge in [0.2, 0.25) is 5.78 Å². The van der Waals surface area contributed by atoms with Crippen molar-refractivity contribution in [2.45, 2.75) is 0 Å². The Hall–Kier alpha value is -3.57. The molecule has 0 aliphatic heterocycles. The zero-order valence-corrected chi connectivity index (χ0v) is 15.4. The number of aromatic nitrogens is 3. The lowest BCUT2D eigenvalue weighted by Gasteiger charge is -2.04. The number of carbonyl (C=O) groups excluding carboxylic acids is 1. The van der Waals surface area contributed by atoms with Crippen LogP contribution in [0.15, 0.2) is 72.9 Å². The predicted octanol–water partition coefficient (Wildman–Crippen LogP) is 4.95. The molecule has 0 spiro atoms. The van der Waals surface area contributed by atoms with Gasteiger partial charge in [-0.1, -0.05) is 29.8 Å². The van der Waals surface area contributed by atoms with Gasteiger partial charge in [0.25, 0.3) is 0 Å². The van der Waals surface area contributed by atoms with Crippen molar-refractivity contribution in [1.82, 2.24) is 14.4 Å². The van der Waals surface area contributed by atoms with Gasteiger partial charge < -0.3 is 15.1 Å². The molecule has 3 N–H and O–H groups in total. The first kappa shape index (κ1) is 16.6. The van der Waals surface area contributed by atoms with Gasteiger partial charge in [-0.05, 0) is 48.5 Å². The van der Waals surface area contributed by atoms with Crippen molar-refractivity contribution in [3.8, 4) is 11.4 Å². The number of nitrogen functional groups attached to an aromatic ring is 1. The summed E-state index contributed by atoms with van der Waals surface area (Å²) in [6, 6.07) is 20.3. The minimum atomic E-state index is -0.169. The number of aromatic amines is 1. The van der Waals surface area contributed by atoms with Crippen molar-refractivity contribution in [2.75, 3.05) is 5.73 Å². The van der Waals surface area contributed by atoms with Gasteiger partial charge in [0.1, 0.15) is 11.5 Å². The highest BCUT2D eigenvalue weighted by atomic mass is 35.5. The number of fused-ring (bicyclic) bond motifs is 2. The van der Waals surface area contributed by atoms with E-state index in [9.17, 15) is 4.79 Å². The van der Waals surface area contributed by atoms with Crippen LogP contribution in [-0.2, 0) is 0 Å². The Morgan fingerprint density at radius 2 is 1.75 bits per heavy atom. The van der Waals surface area contributed by atoms with Gasteiger partial charge >= 0.3 is 0 Å². The number of ketones is 1. The van der Waals surface area contributed by atoms with Crippen LogP contribution in [-0.4, -0.2) is 20.2 Å². The summed E-state index contributed by atoms with van der Waals surface area (Å²) >= 11 is 5.96. The van der Waals surface area contributed by atoms with E-state index >= 15 is 0 Å². The molecule has 3 heterocycles. The maximum atomic E-state index is 13.2. The van der Waals surface area contributed by atoms with Crippen molar-refractivity contribution in [2.24, 2.45) is 0 Å². The van der Waals surface area contributed by atoms with E-state index in [1.54, 1.807) is 24.3 Å². The molecule has 0 saturated carbocycles. The highest BCUT2D eigenvalue weighted by Gasteiger charge is 2.24. The van der Waals surface area contributed by atoms with Crippen molar-refractivity contribution >= 4 is 39.6 Å². The van der Waals surface area contributed by atoms with Crippen molar-refractivity contribution in [3.63, 3.8) is 0 Å². The topological polar surface area (TPSA) is 76.2 Å². The average molecular weight is 387 g/mol. The zero-order chi connectivity index (χ0) is 19.3. The predicted molar refractivity (Wildman–Crippen MR) is 112 cm³/mol. The SMILES string of the molecule is Nc1c(-c2nc3ccccc3[nH]2)c2ccccn2c1C(=O)c1ccc(Cl)cc1. The third-order valence-electron chi connectivity index (χ3n) is 4.83. The molecule has 0 aliphatic rings. The molecule has 0 amide bonds. The molecule has 136 valence electrons. The van der Waals surface area contributed by atoms with Crippen LogP contribution in [0.4, 0.5) is 5.69 Å². The first-order chi connectivity index (χ1) is 13.6. The van der Waals surface area contributed by atoms with Gasteiger partial charge in [-0.2, -0.15) is 0 Å². The molecule has 3 aromatic heterocycles. The minimum Gasteiger partial charge on any atom is -0.396 e. The first-order valence-electron chi connectivity index (χ1n) is 8.77. The Morgan fingerprint density at radius 3 is 2.54 bits per heavy atom. The molecule has 5 aromatic rings. The largest absolute Gasteiger partial charge is 0.396 e. The number of halogens is 1. The molecule has 5 nitrogen and oxygen atoms in total. The molecule has 0 radical (unpaired) electrons. The van der Waals surface area contributed by atoms with E-state index in [1.165, 1.54) is 0 Å². The normalized spacial score (nSPS) is 11.3. The summed E-state index contributed by atoms with van der Waals surface area (Å²) in [5, 5.41) is 0.576. The second-order valence-electron chi connectivity index (χ2n) is 6.53. The second-order valence-corrected chi connectivity index (χ2v) is 6.97. The second kappa shape index (κ2) is 6.25. The van der Waals surface area contributed by atoms with Crippen molar-refractivity contribution in [3.05, 3.63) is 89.2 Å². The summed E-state index contributed by atoms with van der Waals surface area (Å²) in [5.41, 5.74) is 11.1. The minimum absolute atomic E-state index is 0.169. The zero-order valence-electron chi connectivity index (χ0n) is 14.7. The van der Waals surface area contributed by atoms with Crippen LogP contribution in [0.5, 0.6) is 0 Å².